The molecule has 1 fully saturated rings. The van der Waals surface area contributed by atoms with Gasteiger partial charge in [-0.3, -0.25) is 4.79 Å². The van der Waals surface area contributed by atoms with E-state index in [0.717, 1.165) is 25.7 Å². The first-order valence-corrected chi connectivity index (χ1v) is 7.59. The Hall–Kier alpha value is -0.970. The Labute approximate surface area is 126 Å². The maximum atomic E-state index is 12.1. The SMILES string of the molecule is CN(C(=O)OC(C)(C)C)C1CCCCC1NC(=O)CCl. The van der Waals surface area contributed by atoms with E-state index in [1.807, 2.05) is 20.8 Å². The number of hydrogen-bond donors (Lipinski definition) is 1. The molecule has 6 heteroatoms. The second kappa shape index (κ2) is 7.16. The predicted octanol–water partition coefficient (Wildman–Crippen LogP) is 2.52. The number of carbonyl (C=O) groups is 2. The standard InChI is InChI=1S/C14H25ClN2O3/c1-14(2,3)20-13(19)17(4)11-8-6-5-7-10(11)16-12(18)9-15/h10-11H,5-9H2,1-4H3,(H,16,18). The first-order chi connectivity index (χ1) is 9.24. The van der Waals surface area contributed by atoms with Crippen molar-refractivity contribution in [3.63, 3.8) is 0 Å². The van der Waals surface area contributed by atoms with Crippen LogP contribution in [0.3, 0.4) is 0 Å². The van der Waals surface area contributed by atoms with Crippen LogP contribution < -0.4 is 5.32 Å². The lowest BCUT2D eigenvalue weighted by atomic mass is 9.89. The molecule has 2 amide bonds. The molecule has 116 valence electrons. The second-order valence-corrected chi connectivity index (χ2v) is 6.52. The zero-order chi connectivity index (χ0) is 15.3. The van der Waals surface area contributed by atoms with E-state index in [0.29, 0.717) is 0 Å². The molecule has 5 nitrogen and oxygen atoms in total. The van der Waals surface area contributed by atoms with E-state index in [4.69, 9.17) is 16.3 Å². The third-order valence-corrected chi connectivity index (χ3v) is 3.62. The van der Waals surface area contributed by atoms with Crippen LogP contribution in [0.15, 0.2) is 0 Å². The van der Waals surface area contributed by atoms with E-state index in [2.05, 4.69) is 5.32 Å². The van der Waals surface area contributed by atoms with Crippen molar-refractivity contribution in [2.75, 3.05) is 12.9 Å². The molecule has 0 aromatic rings. The molecule has 1 aliphatic rings. The predicted molar refractivity (Wildman–Crippen MR) is 78.9 cm³/mol. The molecule has 0 saturated heterocycles. The fraction of sp³-hybridized carbons (Fsp3) is 0.857. The third kappa shape index (κ3) is 5.19. The van der Waals surface area contributed by atoms with Crippen LogP contribution in [-0.2, 0) is 9.53 Å². The molecule has 1 aliphatic carbocycles. The number of rotatable bonds is 3. The minimum Gasteiger partial charge on any atom is -0.444 e. The van der Waals surface area contributed by atoms with Crippen LogP contribution in [0.5, 0.6) is 0 Å². The van der Waals surface area contributed by atoms with Gasteiger partial charge in [0.05, 0.1) is 6.04 Å². The number of halogens is 1. The number of ether oxygens (including phenoxy) is 1. The molecule has 0 spiro atoms. The molecule has 20 heavy (non-hydrogen) atoms. The van der Waals surface area contributed by atoms with Gasteiger partial charge in [-0.15, -0.1) is 11.6 Å². The fourth-order valence-corrected chi connectivity index (χ4v) is 2.54. The summed E-state index contributed by atoms with van der Waals surface area (Å²) in [6.45, 7) is 5.52. The Balaban J connectivity index is 2.68. The molecule has 2 unspecified atom stereocenters. The summed E-state index contributed by atoms with van der Waals surface area (Å²) >= 11 is 5.53. The first-order valence-electron chi connectivity index (χ1n) is 7.05. The van der Waals surface area contributed by atoms with Gasteiger partial charge in [-0.1, -0.05) is 12.8 Å². The van der Waals surface area contributed by atoms with Crippen LogP contribution in [0.2, 0.25) is 0 Å². The highest BCUT2D eigenvalue weighted by Gasteiger charge is 2.33. The summed E-state index contributed by atoms with van der Waals surface area (Å²) in [5.41, 5.74) is -0.519. The van der Waals surface area contributed by atoms with Gasteiger partial charge in [-0.25, -0.2) is 4.79 Å². The van der Waals surface area contributed by atoms with Crippen molar-refractivity contribution in [2.24, 2.45) is 0 Å². The first kappa shape index (κ1) is 17.1. The Morgan fingerprint density at radius 1 is 1.30 bits per heavy atom. The lowest BCUT2D eigenvalue weighted by Crippen LogP contribution is -2.54. The maximum absolute atomic E-state index is 12.1. The van der Waals surface area contributed by atoms with E-state index in [1.54, 1.807) is 11.9 Å². The summed E-state index contributed by atoms with van der Waals surface area (Å²) in [6.07, 6.45) is 3.47. The fourth-order valence-electron chi connectivity index (χ4n) is 2.46. The summed E-state index contributed by atoms with van der Waals surface area (Å²) in [7, 11) is 1.73. The topological polar surface area (TPSA) is 58.6 Å². The van der Waals surface area contributed by atoms with Gasteiger partial charge >= 0.3 is 6.09 Å². The normalized spacial score (nSPS) is 23.1. The molecule has 1 N–H and O–H groups in total. The molecular weight excluding hydrogens is 280 g/mol. The smallest absolute Gasteiger partial charge is 0.410 e. The number of likely N-dealkylation sites (N-methyl/N-ethyl adjacent to an activating group) is 1. The molecule has 0 aromatic carbocycles. The molecule has 0 aromatic heterocycles. The van der Waals surface area contributed by atoms with Crippen molar-refractivity contribution in [3.8, 4) is 0 Å². The number of amides is 2. The van der Waals surface area contributed by atoms with Crippen LogP contribution in [0, 0.1) is 0 Å². The van der Waals surface area contributed by atoms with Gasteiger partial charge in [0, 0.05) is 13.1 Å². The van der Waals surface area contributed by atoms with E-state index in [9.17, 15) is 9.59 Å². The van der Waals surface area contributed by atoms with Crippen LogP contribution in [0.25, 0.3) is 0 Å². The minimum absolute atomic E-state index is 0.0363. The van der Waals surface area contributed by atoms with Gasteiger partial charge in [0.1, 0.15) is 11.5 Å². The van der Waals surface area contributed by atoms with Crippen molar-refractivity contribution in [1.82, 2.24) is 10.2 Å². The number of nitrogens with zero attached hydrogens (tertiary/aromatic N) is 1. The molecule has 1 saturated carbocycles. The highest BCUT2D eigenvalue weighted by atomic mass is 35.5. The third-order valence-electron chi connectivity index (χ3n) is 3.38. The summed E-state index contributed by atoms with van der Waals surface area (Å²) in [4.78, 5) is 25.2. The second-order valence-electron chi connectivity index (χ2n) is 6.25. The van der Waals surface area contributed by atoms with Crippen molar-refractivity contribution < 1.29 is 14.3 Å². The summed E-state index contributed by atoms with van der Waals surface area (Å²) in [6, 6.07) is -0.0849. The largest absolute Gasteiger partial charge is 0.444 e. The molecule has 0 bridgehead atoms. The minimum atomic E-state index is -0.519. The Bertz CT molecular complexity index is 355. The van der Waals surface area contributed by atoms with E-state index < -0.39 is 5.60 Å². The molecule has 0 heterocycles. The average Bonchev–Trinajstić information content (AvgIpc) is 2.36. The zero-order valence-electron chi connectivity index (χ0n) is 12.7. The Morgan fingerprint density at radius 3 is 2.45 bits per heavy atom. The number of nitrogens with one attached hydrogen (secondary N) is 1. The van der Waals surface area contributed by atoms with Crippen molar-refractivity contribution >= 4 is 23.6 Å². The monoisotopic (exact) mass is 304 g/mol. The van der Waals surface area contributed by atoms with Crippen LogP contribution in [0.1, 0.15) is 46.5 Å². The summed E-state index contributed by atoms with van der Waals surface area (Å²) in [5.74, 6) is -0.250. The van der Waals surface area contributed by atoms with Gasteiger partial charge in [0.25, 0.3) is 0 Å². The molecular formula is C14H25ClN2O3. The van der Waals surface area contributed by atoms with Gasteiger partial charge in [0.2, 0.25) is 5.91 Å². The number of alkyl halides is 1. The van der Waals surface area contributed by atoms with Gasteiger partial charge in [0.15, 0.2) is 0 Å². The van der Waals surface area contributed by atoms with Gasteiger partial charge in [-0.05, 0) is 33.6 Å². The van der Waals surface area contributed by atoms with Crippen LogP contribution in [0.4, 0.5) is 4.79 Å². The summed E-state index contributed by atoms with van der Waals surface area (Å²) < 4.78 is 5.38. The highest BCUT2D eigenvalue weighted by molar-refractivity contribution is 6.27. The highest BCUT2D eigenvalue weighted by Crippen LogP contribution is 2.24. The maximum Gasteiger partial charge on any atom is 0.410 e. The lowest BCUT2D eigenvalue weighted by molar-refractivity contribution is -0.120. The number of hydrogen-bond acceptors (Lipinski definition) is 3. The molecule has 2 atom stereocenters. The van der Waals surface area contributed by atoms with Gasteiger partial charge < -0.3 is 15.0 Å². The average molecular weight is 305 g/mol. The van der Waals surface area contributed by atoms with Crippen molar-refractivity contribution in [1.29, 1.82) is 0 Å². The van der Waals surface area contributed by atoms with Gasteiger partial charge in [-0.2, -0.15) is 0 Å². The van der Waals surface area contributed by atoms with E-state index in [1.165, 1.54) is 0 Å². The van der Waals surface area contributed by atoms with E-state index >= 15 is 0 Å². The molecule has 0 aliphatic heterocycles. The van der Waals surface area contributed by atoms with Crippen molar-refractivity contribution in [3.05, 3.63) is 0 Å². The lowest BCUT2D eigenvalue weighted by Gasteiger charge is -2.38. The number of carbonyl (C=O) groups excluding carboxylic acids is 2. The quantitative estimate of drug-likeness (QED) is 0.815. The molecule has 0 radical (unpaired) electrons. The van der Waals surface area contributed by atoms with Crippen molar-refractivity contribution in [2.45, 2.75) is 64.1 Å². The summed E-state index contributed by atoms with van der Waals surface area (Å²) in [5, 5.41) is 2.90. The molecule has 1 rings (SSSR count). The van der Waals surface area contributed by atoms with Crippen LogP contribution in [-0.4, -0.2) is 47.5 Å². The van der Waals surface area contributed by atoms with Crippen LogP contribution >= 0.6 is 11.6 Å². The van der Waals surface area contributed by atoms with E-state index in [-0.39, 0.29) is 30.0 Å². The Morgan fingerprint density at radius 2 is 1.90 bits per heavy atom. The Kier molecular flexibility index (Phi) is 6.11. The zero-order valence-corrected chi connectivity index (χ0v) is 13.5.